The highest BCUT2D eigenvalue weighted by Gasteiger charge is 2.44. The maximum atomic E-state index is 10.4. The number of hydrogen-bond acceptors (Lipinski definition) is 8. The van der Waals surface area contributed by atoms with E-state index in [0.29, 0.717) is 31.1 Å². The summed E-state index contributed by atoms with van der Waals surface area (Å²) >= 11 is 0. The molecule has 0 aliphatic carbocycles. The fourth-order valence-electron chi connectivity index (χ4n) is 3.88. The molecule has 32 heavy (non-hydrogen) atoms. The molecule has 4 N–H and O–H groups in total. The van der Waals surface area contributed by atoms with Gasteiger partial charge in [-0.25, -0.2) is 0 Å². The third-order valence-corrected chi connectivity index (χ3v) is 5.84. The van der Waals surface area contributed by atoms with Crippen LogP contribution in [-0.2, 0) is 15.9 Å². The van der Waals surface area contributed by atoms with Gasteiger partial charge in [0.2, 0.25) is 6.29 Å². The van der Waals surface area contributed by atoms with E-state index >= 15 is 0 Å². The van der Waals surface area contributed by atoms with Crippen molar-refractivity contribution in [3.05, 3.63) is 59.2 Å². The normalized spacial score (nSPS) is 30.3. The molecular formula is C24H30O8. The molecule has 6 atom stereocenters. The van der Waals surface area contributed by atoms with Crippen LogP contribution in [0.2, 0.25) is 0 Å². The first-order chi connectivity index (χ1) is 15.4. The van der Waals surface area contributed by atoms with E-state index in [1.54, 1.807) is 6.07 Å². The molecule has 2 fully saturated rings. The van der Waals surface area contributed by atoms with Gasteiger partial charge in [0, 0.05) is 18.9 Å². The van der Waals surface area contributed by atoms with Crippen LogP contribution in [0.15, 0.2) is 42.5 Å². The van der Waals surface area contributed by atoms with Crippen LogP contribution in [0.3, 0.4) is 0 Å². The summed E-state index contributed by atoms with van der Waals surface area (Å²) in [6.07, 6.45) is -5.44. The minimum atomic E-state index is -1.51. The first-order valence-electron chi connectivity index (χ1n) is 10.8. The van der Waals surface area contributed by atoms with Gasteiger partial charge in [0.15, 0.2) is 0 Å². The van der Waals surface area contributed by atoms with Crippen LogP contribution >= 0.6 is 0 Å². The third-order valence-electron chi connectivity index (χ3n) is 5.84. The van der Waals surface area contributed by atoms with Gasteiger partial charge in [-0.1, -0.05) is 35.9 Å². The van der Waals surface area contributed by atoms with Crippen LogP contribution in [0.4, 0.5) is 0 Å². The average molecular weight is 446 g/mol. The Morgan fingerprint density at radius 2 is 1.75 bits per heavy atom. The van der Waals surface area contributed by atoms with Crippen molar-refractivity contribution in [2.24, 2.45) is 0 Å². The topological polar surface area (TPSA) is 118 Å². The Bertz CT molecular complexity index is 878. The summed E-state index contributed by atoms with van der Waals surface area (Å²) in [6.45, 7) is 2.68. The van der Waals surface area contributed by atoms with E-state index < -0.39 is 37.3 Å². The van der Waals surface area contributed by atoms with E-state index in [0.717, 1.165) is 23.1 Å². The lowest BCUT2D eigenvalue weighted by atomic mass is 9.99. The van der Waals surface area contributed by atoms with Crippen LogP contribution in [0.5, 0.6) is 11.5 Å². The SMILES string of the molecule is Cc1ccc(Cc2ccc(O[C@@H]3CCOC3)cc2O[C@@H]2O[C@H](CO)[C@@H](O)[C@H](O)[C@H]2O)cc1. The zero-order valence-electron chi connectivity index (χ0n) is 18.0. The zero-order chi connectivity index (χ0) is 22.7. The lowest BCUT2D eigenvalue weighted by molar-refractivity contribution is -0.277. The lowest BCUT2D eigenvalue weighted by Crippen LogP contribution is -2.60. The first kappa shape index (κ1) is 23.0. The summed E-state index contributed by atoms with van der Waals surface area (Å²) in [6, 6.07) is 13.6. The number of hydrogen-bond donors (Lipinski definition) is 4. The largest absolute Gasteiger partial charge is 0.488 e. The number of aliphatic hydroxyl groups is 4. The molecule has 2 aliphatic heterocycles. The van der Waals surface area contributed by atoms with Crippen LogP contribution in [-0.4, -0.2) is 77.1 Å². The van der Waals surface area contributed by atoms with E-state index in [2.05, 4.69) is 0 Å². The highest BCUT2D eigenvalue weighted by molar-refractivity contribution is 5.44. The van der Waals surface area contributed by atoms with Gasteiger partial charge in [0.05, 0.1) is 19.8 Å². The molecule has 2 saturated heterocycles. The Morgan fingerprint density at radius 1 is 0.969 bits per heavy atom. The molecule has 0 amide bonds. The second-order valence-corrected chi connectivity index (χ2v) is 8.35. The molecule has 2 heterocycles. The van der Waals surface area contributed by atoms with Crippen molar-refractivity contribution >= 4 is 0 Å². The maximum absolute atomic E-state index is 10.4. The second-order valence-electron chi connectivity index (χ2n) is 8.35. The van der Waals surface area contributed by atoms with Crippen LogP contribution < -0.4 is 9.47 Å². The van der Waals surface area contributed by atoms with Crippen molar-refractivity contribution in [2.45, 2.75) is 56.6 Å². The molecule has 0 bridgehead atoms. The van der Waals surface area contributed by atoms with Gasteiger partial charge in [0.1, 0.15) is 42.0 Å². The fraction of sp³-hybridized carbons (Fsp3) is 0.500. The molecular weight excluding hydrogens is 416 g/mol. The average Bonchev–Trinajstić information content (AvgIpc) is 3.30. The van der Waals surface area contributed by atoms with Gasteiger partial charge < -0.3 is 39.4 Å². The van der Waals surface area contributed by atoms with Crippen LogP contribution in [0, 0.1) is 6.92 Å². The molecule has 2 aromatic rings. The van der Waals surface area contributed by atoms with Crippen LogP contribution in [0.25, 0.3) is 0 Å². The van der Waals surface area contributed by atoms with Gasteiger partial charge in [-0.3, -0.25) is 0 Å². The minimum absolute atomic E-state index is 0.0435. The Kier molecular flexibility index (Phi) is 7.30. The molecule has 0 radical (unpaired) electrons. The van der Waals surface area contributed by atoms with Crippen molar-refractivity contribution in [3.8, 4) is 11.5 Å². The molecule has 2 aliphatic rings. The molecule has 0 spiro atoms. The van der Waals surface area contributed by atoms with Crippen molar-refractivity contribution < 1.29 is 39.4 Å². The Morgan fingerprint density at radius 3 is 2.44 bits per heavy atom. The zero-order valence-corrected chi connectivity index (χ0v) is 18.0. The summed E-state index contributed by atoms with van der Waals surface area (Å²) in [7, 11) is 0. The number of benzene rings is 2. The van der Waals surface area contributed by atoms with E-state index in [4.69, 9.17) is 18.9 Å². The van der Waals surface area contributed by atoms with E-state index in [1.807, 2.05) is 43.3 Å². The third kappa shape index (κ3) is 5.23. The molecule has 8 nitrogen and oxygen atoms in total. The lowest BCUT2D eigenvalue weighted by Gasteiger charge is -2.39. The molecule has 0 saturated carbocycles. The predicted molar refractivity (Wildman–Crippen MR) is 115 cm³/mol. The number of ether oxygens (including phenoxy) is 4. The smallest absolute Gasteiger partial charge is 0.229 e. The van der Waals surface area contributed by atoms with E-state index in [1.165, 1.54) is 0 Å². The Hall–Kier alpha value is -2.20. The summed E-state index contributed by atoms with van der Waals surface area (Å²) < 4.78 is 22.9. The summed E-state index contributed by atoms with van der Waals surface area (Å²) in [5.74, 6) is 1.01. The van der Waals surface area contributed by atoms with Crippen molar-refractivity contribution in [3.63, 3.8) is 0 Å². The Balaban J connectivity index is 1.59. The fourth-order valence-corrected chi connectivity index (χ4v) is 3.88. The van der Waals surface area contributed by atoms with Gasteiger partial charge in [-0.05, 0) is 24.1 Å². The van der Waals surface area contributed by atoms with Gasteiger partial charge in [0.25, 0.3) is 0 Å². The van der Waals surface area contributed by atoms with Gasteiger partial charge in [-0.2, -0.15) is 0 Å². The summed E-state index contributed by atoms with van der Waals surface area (Å²) in [4.78, 5) is 0. The molecule has 174 valence electrons. The van der Waals surface area contributed by atoms with Crippen LogP contribution in [0.1, 0.15) is 23.1 Å². The number of aliphatic hydroxyl groups excluding tert-OH is 4. The highest BCUT2D eigenvalue weighted by Crippen LogP contribution is 2.32. The minimum Gasteiger partial charge on any atom is -0.488 e. The quantitative estimate of drug-likeness (QED) is 0.496. The second kappa shape index (κ2) is 10.2. The van der Waals surface area contributed by atoms with Crippen molar-refractivity contribution in [1.29, 1.82) is 0 Å². The first-order valence-corrected chi connectivity index (χ1v) is 10.8. The molecule has 0 unspecified atom stereocenters. The van der Waals surface area contributed by atoms with E-state index in [9.17, 15) is 20.4 Å². The maximum Gasteiger partial charge on any atom is 0.229 e. The molecule has 2 aromatic carbocycles. The van der Waals surface area contributed by atoms with Crippen molar-refractivity contribution in [2.75, 3.05) is 19.8 Å². The standard InChI is InChI=1S/C24H30O8/c1-14-2-4-15(5-3-14)10-16-6-7-17(30-18-8-9-29-13-18)11-19(16)31-24-23(28)22(27)21(26)20(12-25)32-24/h2-7,11,18,20-28H,8-10,12-13H2,1H3/t18-,20-,21-,22+,23-,24-/m1/s1. The van der Waals surface area contributed by atoms with E-state index in [-0.39, 0.29) is 6.10 Å². The predicted octanol–water partition coefficient (Wildman–Crippen LogP) is 0.932. The summed E-state index contributed by atoms with van der Waals surface area (Å²) in [5, 5.41) is 40.0. The molecule has 8 heteroatoms. The van der Waals surface area contributed by atoms with Gasteiger partial charge >= 0.3 is 0 Å². The summed E-state index contributed by atoms with van der Waals surface area (Å²) in [5.41, 5.74) is 3.07. The molecule has 0 aromatic heterocycles. The number of aryl methyl sites for hydroxylation is 1. The monoisotopic (exact) mass is 446 g/mol. The van der Waals surface area contributed by atoms with Gasteiger partial charge in [-0.15, -0.1) is 0 Å². The highest BCUT2D eigenvalue weighted by atomic mass is 16.7. The van der Waals surface area contributed by atoms with Crippen molar-refractivity contribution in [1.82, 2.24) is 0 Å². The Labute approximate surface area is 186 Å². The number of rotatable bonds is 7. The molecule has 4 rings (SSSR count).